The number of para-hydroxylation sites is 1. The molecule has 5 aliphatic rings. The summed E-state index contributed by atoms with van der Waals surface area (Å²) in [6, 6.07) is 151. The maximum atomic E-state index is 2.52. The topological polar surface area (TPSA) is 6.48 Å². The lowest BCUT2D eigenvalue weighted by atomic mass is 9.70. The highest BCUT2D eigenvalue weighted by atomic mass is 32.1. The molecule has 24 rings (SSSR count). The maximum Gasteiger partial charge on any atom is 0.0740 e. The molecule has 17 aromatic carbocycles. The molecule has 115 heavy (non-hydrogen) atoms. The molecule has 2 atom stereocenters. The molecule has 5 aliphatic carbocycles. The molecule has 2 aromatic heterocycles. The average molecular weight is 1500 g/mol. The van der Waals surface area contributed by atoms with Crippen LogP contribution < -0.4 is 9.80 Å². The van der Waals surface area contributed by atoms with Crippen LogP contribution >= 0.6 is 22.7 Å². The van der Waals surface area contributed by atoms with Crippen LogP contribution in [-0.2, 0) is 16.2 Å². The van der Waals surface area contributed by atoms with Gasteiger partial charge in [0.1, 0.15) is 0 Å². The van der Waals surface area contributed by atoms with Crippen LogP contribution in [0.4, 0.5) is 34.1 Å². The lowest BCUT2D eigenvalue weighted by Gasteiger charge is -2.31. The van der Waals surface area contributed by atoms with Gasteiger partial charge in [-0.15, -0.1) is 22.7 Å². The molecule has 0 saturated heterocycles. The molecule has 0 N–H and O–H groups in total. The highest BCUT2D eigenvalue weighted by Crippen LogP contribution is 2.69. The van der Waals surface area contributed by atoms with E-state index >= 15 is 0 Å². The third-order valence-corrected chi connectivity index (χ3v) is 28.3. The van der Waals surface area contributed by atoms with Crippen molar-refractivity contribution in [3.63, 3.8) is 0 Å². The van der Waals surface area contributed by atoms with Crippen molar-refractivity contribution in [1.29, 1.82) is 0 Å². The van der Waals surface area contributed by atoms with E-state index in [1.54, 1.807) is 0 Å². The summed E-state index contributed by atoms with van der Waals surface area (Å²) in [6.45, 7) is 4.76. The summed E-state index contributed by atoms with van der Waals surface area (Å²) in [5, 5.41) is 2.69. The highest BCUT2D eigenvalue weighted by Gasteiger charge is 2.55. The molecule has 2 unspecified atom stereocenters. The fourth-order valence-electron chi connectivity index (χ4n) is 20.9. The fourth-order valence-corrected chi connectivity index (χ4v) is 23.5. The minimum atomic E-state index is -0.449. The Morgan fingerprint density at radius 1 is 0.200 bits per heavy atom. The third-order valence-electron chi connectivity index (χ3n) is 25.9. The van der Waals surface area contributed by atoms with E-state index in [1.165, 1.54) is 158 Å². The van der Waals surface area contributed by atoms with Gasteiger partial charge < -0.3 is 9.80 Å². The van der Waals surface area contributed by atoms with Crippen molar-refractivity contribution in [1.82, 2.24) is 0 Å². The van der Waals surface area contributed by atoms with E-state index in [1.807, 2.05) is 22.7 Å². The molecule has 0 saturated carbocycles. The van der Waals surface area contributed by atoms with E-state index in [4.69, 9.17) is 0 Å². The molecule has 2 spiro atoms. The Labute approximate surface area is 677 Å². The zero-order valence-electron chi connectivity index (χ0n) is 63.3. The Morgan fingerprint density at radius 2 is 0.530 bits per heavy atom. The smallest absolute Gasteiger partial charge is 0.0740 e. The zero-order valence-corrected chi connectivity index (χ0v) is 64.9. The number of fused-ring (bicyclic) bond motifs is 27. The van der Waals surface area contributed by atoms with Crippen molar-refractivity contribution in [2.45, 2.75) is 30.1 Å². The Balaban J connectivity index is 0.572. The molecule has 0 bridgehead atoms. The Bertz CT molecular complexity index is 7240. The molecule has 2 heterocycles. The van der Waals surface area contributed by atoms with Crippen LogP contribution in [-0.4, -0.2) is 0 Å². The van der Waals surface area contributed by atoms with E-state index in [9.17, 15) is 0 Å². The largest absolute Gasteiger partial charge is 0.310 e. The van der Waals surface area contributed by atoms with Crippen LogP contribution in [0.1, 0.15) is 69.5 Å². The van der Waals surface area contributed by atoms with Crippen molar-refractivity contribution in [2.75, 3.05) is 9.80 Å². The predicted molar refractivity (Wildman–Crippen MR) is 484 cm³/mol. The molecule has 0 radical (unpaired) electrons. The summed E-state index contributed by atoms with van der Waals surface area (Å²) in [6.07, 6.45) is 0. The van der Waals surface area contributed by atoms with E-state index in [0.29, 0.717) is 0 Å². The van der Waals surface area contributed by atoms with Gasteiger partial charge >= 0.3 is 0 Å². The number of nitrogens with zero attached hydrogens (tertiary/aromatic N) is 2. The Kier molecular flexibility index (Phi) is 14.4. The number of benzene rings is 17. The van der Waals surface area contributed by atoms with Crippen LogP contribution in [0.3, 0.4) is 0 Å². The summed E-state index contributed by atoms with van der Waals surface area (Å²) in [5.74, 6) is 0. The molecule has 2 nitrogen and oxygen atoms in total. The molecule has 538 valence electrons. The molecule has 0 fully saturated rings. The first-order valence-corrected chi connectivity index (χ1v) is 41.6. The lowest BCUT2D eigenvalue weighted by molar-refractivity contribution is 0.660. The van der Waals surface area contributed by atoms with Crippen LogP contribution in [0.5, 0.6) is 0 Å². The summed E-state index contributed by atoms with van der Waals surface area (Å²) < 4.78 is 2.67. The normalized spacial score (nSPS) is 15.5. The molecule has 19 aromatic rings. The van der Waals surface area contributed by atoms with Gasteiger partial charge in [-0.25, -0.2) is 0 Å². The van der Waals surface area contributed by atoms with Gasteiger partial charge in [0.25, 0.3) is 0 Å². The molecule has 4 heteroatoms. The van der Waals surface area contributed by atoms with Crippen molar-refractivity contribution in [3.05, 3.63) is 456 Å². The summed E-state index contributed by atoms with van der Waals surface area (Å²) >= 11 is 3.87. The van der Waals surface area contributed by atoms with Crippen LogP contribution in [0.15, 0.2) is 400 Å². The third kappa shape index (κ3) is 9.50. The number of hydrogen-bond acceptors (Lipinski definition) is 4. The van der Waals surface area contributed by atoms with E-state index in [-0.39, 0.29) is 5.41 Å². The number of rotatable bonds is 11. The molecule has 0 amide bonds. The first-order valence-electron chi connectivity index (χ1n) is 40.0. The quantitative estimate of drug-likeness (QED) is 0.127. The van der Waals surface area contributed by atoms with Gasteiger partial charge in [-0.2, -0.15) is 0 Å². The minimum Gasteiger partial charge on any atom is -0.310 e. The lowest BCUT2D eigenvalue weighted by Crippen LogP contribution is -2.25. The van der Waals surface area contributed by atoms with Gasteiger partial charge in [-0.05, 0) is 252 Å². The van der Waals surface area contributed by atoms with Gasteiger partial charge in [0, 0.05) is 58.6 Å². The SMILES string of the molecule is CC1(C)c2ccccc2-c2ccc(N(c3ccc(-c4ccc5c(c4)C4(c6ccccc6-5)c5ccccc5-c5sc6ccccc6c54)cc3)c3cccc(-c4ccc(N(c5ccc(-c6ccc(-c7ccc8c(c7)C7(c9ccccc9-8)c8ccccc8-c8sc9ccccc9c87)cc6)cc5)c5ccccc5-c5ccccc5)cc4)c3)cc21. The van der Waals surface area contributed by atoms with Gasteiger partial charge in [0.2, 0.25) is 0 Å². The number of hydrogen-bond donors (Lipinski definition) is 0. The fraction of sp³-hybridized carbons (Fsp3) is 0.0450. The van der Waals surface area contributed by atoms with Crippen molar-refractivity contribution in [2.24, 2.45) is 0 Å². The van der Waals surface area contributed by atoms with Crippen LogP contribution in [0, 0.1) is 0 Å². The standard InChI is InChI=1S/C111H72N2S2/c1-109(2)94-35-14-6-28-84(94)87-64-61-82(68-99(87)109)112(78-55-49-73(50-56-78)77-54-63-89-86-30-8-16-37-96(86)111(101(89)67-77)98-39-18-10-32-91(98)108-106(111)93-34-13-21-42-104(93)115-108)81-26-22-25-75(65-81)72-51-59-80(60-52-72)113(102-40-19-11-27-83(102)74-23-4-3-5-24-74)79-57-47-70(48-58-79)69-43-45-71(46-44-69)76-53-62-88-85-29-7-15-36-95(85)110(100(88)66-76)97-38-17-9-31-90(97)107-105(110)92-33-12-20-41-103(92)114-107/h3-68H,1-2H3. The summed E-state index contributed by atoms with van der Waals surface area (Å²) in [5.41, 5.74) is 41.5. The van der Waals surface area contributed by atoms with Gasteiger partial charge in [-0.3, -0.25) is 0 Å². The van der Waals surface area contributed by atoms with Gasteiger partial charge in [-0.1, -0.05) is 323 Å². The second kappa shape index (κ2) is 25.1. The van der Waals surface area contributed by atoms with Crippen molar-refractivity contribution < 1.29 is 0 Å². The predicted octanol–water partition coefficient (Wildman–Crippen LogP) is 30.4. The first-order chi connectivity index (χ1) is 56.8. The highest BCUT2D eigenvalue weighted by molar-refractivity contribution is 7.23. The van der Waals surface area contributed by atoms with E-state index < -0.39 is 10.8 Å². The Morgan fingerprint density at radius 3 is 1.04 bits per heavy atom. The zero-order chi connectivity index (χ0) is 75.8. The van der Waals surface area contributed by atoms with E-state index in [2.05, 4.69) is 424 Å². The number of anilines is 6. The van der Waals surface area contributed by atoms with E-state index in [0.717, 1.165) is 61.9 Å². The first kappa shape index (κ1) is 65.9. The summed E-state index contributed by atoms with van der Waals surface area (Å²) in [7, 11) is 0. The van der Waals surface area contributed by atoms with Crippen molar-refractivity contribution >= 4 is 77.0 Å². The minimum absolute atomic E-state index is 0.188. The molecular weight excluding hydrogens is 1430 g/mol. The van der Waals surface area contributed by atoms with Crippen LogP contribution in [0.25, 0.3) is 130 Å². The number of thiophene rings is 2. The summed E-state index contributed by atoms with van der Waals surface area (Å²) in [4.78, 5) is 7.66. The maximum absolute atomic E-state index is 2.52. The second-order valence-corrected chi connectivity index (χ2v) is 34.1. The van der Waals surface area contributed by atoms with Gasteiger partial charge in [0.05, 0.1) is 16.5 Å². The molecular formula is C111H72N2S2. The molecule has 0 aliphatic heterocycles. The monoisotopic (exact) mass is 1500 g/mol. The van der Waals surface area contributed by atoms with Crippen LogP contribution in [0.2, 0.25) is 0 Å². The van der Waals surface area contributed by atoms with Crippen molar-refractivity contribution in [3.8, 4) is 110 Å². The van der Waals surface area contributed by atoms with Gasteiger partial charge in [0.15, 0.2) is 0 Å². The average Bonchev–Trinajstić information content (AvgIpc) is 1.50. The second-order valence-electron chi connectivity index (χ2n) is 32.0. The Hall–Kier alpha value is -13.7.